The van der Waals surface area contributed by atoms with E-state index in [-0.39, 0.29) is 23.3 Å². The van der Waals surface area contributed by atoms with Crippen LogP contribution in [-0.4, -0.2) is 23.3 Å². The molecular formula is C84H57B4Br3N6. The molecule has 6 aliphatic heterocycles. The fourth-order valence-corrected chi connectivity index (χ4v) is 16.2. The molecule has 20 rings (SSSR count). The Morgan fingerprint density at radius 2 is 0.433 bits per heavy atom. The molecule has 0 saturated heterocycles. The van der Waals surface area contributed by atoms with Crippen LogP contribution >= 0.6 is 47.3 Å². The van der Waals surface area contributed by atoms with Gasteiger partial charge in [-0.1, -0.05) is 218 Å². The maximum Gasteiger partial charge on any atom is 0.369 e. The third kappa shape index (κ3) is 9.75. The Kier molecular flexibility index (Phi) is 15.0. The molecule has 0 unspecified atom stereocenters. The van der Waals surface area contributed by atoms with E-state index in [1.807, 2.05) is 0 Å². The molecule has 0 saturated carbocycles. The van der Waals surface area contributed by atoms with E-state index in [1.165, 1.54) is 123 Å². The van der Waals surface area contributed by atoms with Crippen LogP contribution in [0.15, 0.2) is 346 Å². The number of hydrogen-bond acceptors (Lipinski definition) is 6. The molecule has 0 bridgehead atoms. The molecule has 0 amide bonds. The number of benzene rings is 14. The molecular weight excluding hydrogens is 1380 g/mol. The van der Waals surface area contributed by atoms with Crippen molar-refractivity contribution in [2.45, 2.75) is 0 Å². The van der Waals surface area contributed by atoms with Gasteiger partial charge >= 0.3 is 3.18 Å². The van der Waals surface area contributed by atoms with Crippen LogP contribution in [0.1, 0.15) is 0 Å². The van der Waals surface area contributed by atoms with Crippen LogP contribution in [0.5, 0.6) is 0 Å². The van der Waals surface area contributed by atoms with Crippen molar-refractivity contribution >= 4 is 222 Å². The van der Waals surface area contributed by atoms with Crippen LogP contribution < -0.4 is 78.6 Å². The summed E-state index contributed by atoms with van der Waals surface area (Å²) in [6.07, 6.45) is 0. The molecule has 0 aromatic heterocycles. The van der Waals surface area contributed by atoms with Crippen molar-refractivity contribution in [1.29, 1.82) is 0 Å². The standard InChI is InChI=1S/C42H27B2N3.C42H30BN3.BBr3/c1-3-15-28(16-4-1)45-34-23-11-7-19-30(34)43-32-21-9-13-25-36(32)47-37-26-14-10-22-33(37)44-31-20-8-12-24-35(31)46(29-17-5-2-6-18-29)39-27-38(45)40(43)42(47)41(39)44;1-5-17-31(18-6-1)44(32-19-7-2-8-20-32)35-29-40-42-41(30-35)46(34-23-11-4-12-24-34)39-28-16-14-26-37(39)43(42)36-25-13-15-27-38(36)45(40)33-21-9-3-10-22-33;2-1(3)4/h1-27H;1-30H;. The molecule has 97 heavy (non-hydrogen) atoms. The summed E-state index contributed by atoms with van der Waals surface area (Å²) >= 11 is 9.31. The zero-order chi connectivity index (χ0) is 64.7. The van der Waals surface area contributed by atoms with Gasteiger partial charge in [-0.3, -0.25) is 0 Å². The number of halogens is 3. The molecule has 0 atom stereocenters. The lowest BCUT2D eigenvalue weighted by Gasteiger charge is -2.51. The van der Waals surface area contributed by atoms with E-state index in [0.29, 0.717) is 0 Å². The minimum Gasteiger partial charge on any atom is -0.312 e. The van der Waals surface area contributed by atoms with Crippen molar-refractivity contribution in [1.82, 2.24) is 0 Å². The predicted molar refractivity (Wildman–Crippen MR) is 427 cm³/mol. The minimum absolute atomic E-state index is 0.0910. The number of anilines is 18. The minimum atomic E-state index is 0.0910. The molecule has 456 valence electrons. The second-order valence-electron chi connectivity index (χ2n) is 24.9. The third-order valence-corrected chi connectivity index (χ3v) is 19.8. The molecule has 14 aromatic carbocycles. The van der Waals surface area contributed by atoms with E-state index >= 15 is 0 Å². The Hall–Kier alpha value is -10.4. The van der Waals surface area contributed by atoms with Gasteiger partial charge < -0.3 is 29.4 Å². The lowest BCUT2D eigenvalue weighted by molar-refractivity contribution is 1.23. The van der Waals surface area contributed by atoms with E-state index in [2.05, 4.69) is 422 Å². The van der Waals surface area contributed by atoms with E-state index in [0.717, 1.165) is 28.4 Å². The summed E-state index contributed by atoms with van der Waals surface area (Å²) in [6, 6.07) is 126. The highest BCUT2D eigenvalue weighted by molar-refractivity contribution is 9.69. The van der Waals surface area contributed by atoms with Crippen molar-refractivity contribution in [3.8, 4) is 0 Å². The average Bonchev–Trinajstić information content (AvgIpc) is 0.675. The van der Waals surface area contributed by atoms with Gasteiger partial charge in [-0.2, -0.15) is 0 Å². The van der Waals surface area contributed by atoms with Gasteiger partial charge in [0, 0.05) is 96.7 Å². The third-order valence-electron chi connectivity index (χ3n) is 19.8. The van der Waals surface area contributed by atoms with Crippen LogP contribution in [0.25, 0.3) is 0 Å². The van der Waals surface area contributed by atoms with Crippen LogP contribution in [0.4, 0.5) is 102 Å². The maximum atomic E-state index is 3.10. The topological polar surface area (TPSA) is 19.4 Å². The normalized spacial score (nSPS) is 13.1. The lowest BCUT2D eigenvalue weighted by Crippen LogP contribution is -2.68. The summed E-state index contributed by atoms with van der Waals surface area (Å²) in [5.41, 5.74) is 33.7. The summed E-state index contributed by atoms with van der Waals surface area (Å²) in [5.74, 6) is 0. The summed E-state index contributed by atoms with van der Waals surface area (Å²) in [5, 5.41) is 0. The highest BCUT2D eigenvalue weighted by Crippen LogP contribution is 2.51. The summed E-state index contributed by atoms with van der Waals surface area (Å²) in [4.78, 5) is 14.9. The van der Waals surface area contributed by atoms with Gasteiger partial charge in [0.1, 0.15) is 0 Å². The number of nitrogens with zero attached hydrogens (tertiary/aromatic N) is 6. The van der Waals surface area contributed by atoms with E-state index in [4.69, 9.17) is 0 Å². The number of para-hydroxylation sites is 12. The Morgan fingerprint density at radius 3 is 0.711 bits per heavy atom. The Morgan fingerprint density at radius 1 is 0.216 bits per heavy atom. The van der Waals surface area contributed by atoms with E-state index in [1.54, 1.807) is 0 Å². The molecule has 6 heterocycles. The van der Waals surface area contributed by atoms with Crippen molar-refractivity contribution in [3.05, 3.63) is 346 Å². The Balaban J connectivity index is 0.000000134. The number of hydrogen-bond donors (Lipinski definition) is 0. The highest BCUT2D eigenvalue weighted by atomic mass is 79.9. The fourth-order valence-electron chi connectivity index (χ4n) is 16.2. The van der Waals surface area contributed by atoms with Gasteiger partial charge in [0.2, 0.25) is 0 Å². The van der Waals surface area contributed by atoms with Crippen molar-refractivity contribution < 1.29 is 0 Å². The second kappa shape index (κ2) is 24.7. The first kappa shape index (κ1) is 59.1. The second-order valence-corrected chi connectivity index (χ2v) is 31.3. The SMILES string of the molecule is BrB(Br)Br.c1ccc(N(c2ccccc2)c2cc3c4c(c2)N(c2ccccc2)c2ccccc2B4c2ccccc2N3c2ccccc2)cc1.c1ccc(N2c3ccccc3B3c4ccccc4N4c5ccccc5B5c6ccccc6N(c6ccccc6)c6cc2c3c4c65)cc1. The zero-order valence-electron chi connectivity index (χ0n) is 52.5. The molecule has 6 nitrogen and oxygen atoms in total. The first-order valence-corrected chi connectivity index (χ1v) is 35.7. The molecule has 6 aliphatic rings. The summed E-state index contributed by atoms with van der Waals surface area (Å²) < 4.78 is 0.271. The molecule has 14 aromatic rings. The molecule has 0 N–H and O–H groups in total. The predicted octanol–water partition coefficient (Wildman–Crippen LogP) is 17.8. The van der Waals surface area contributed by atoms with Gasteiger partial charge in [0.05, 0.1) is 5.69 Å². The first-order valence-electron chi connectivity index (χ1n) is 32.9. The van der Waals surface area contributed by atoms with Crippen LogP contribution in [0.3, 0.4) is 0 Å². The van der Waals surface area contributed by atoms with Crippen molar-refractivity contribution in [2.75, 3.05) is 29.4 Å². The van der Waals surface area contributed by atoms with E-state index in [9.17, 15) is 0 Å². The number of fused-ring (bicyclic) bond motifs is 14. The van der Waals surface area contributed by atoms with Gasteiger partial charge in [0.25, 0.3) is 20.1 Å². The zero-order valence-corrected chi connectivity index (χ0v) is 57.3. The largest absolute Gasteiger partial charge is 0.369 e. The van der Waals surface area contributed by atoms with Gasteiger partial charge in [-0.15, -0.1) is 47.3 Å². The van der Waals surface area contributed by atoms with Crippen LogP contribution in [0.2, 0.25) is 0 Å². The fraction of sp³-hybridized carbons (Fsp3) is 0. The number of rotatable bonds is 7. The molecule has 0 radical (unpaired) electrons. The average molecular weight is 1430 g/mol. The van der Waals surface area contributed by atoms with Gasteiger partial charge in [-0.05, 0) is 177 Å². The molecule has 0 aliphatic carbocycles. The Labute approximate surface area is 592 Å². The van der Waals surface area contributed by atoms with Gasteiger partial charge in [0.15, 0.2) is 0 Å². The summed E-state index contributed by atoms with van der Waals surface area (Å²) in [6.45, 7) is 0.317. The van der Waals surface area contributed by atoms with Crippen molar-refractivity contribution in [3.63, 3.8) is 0 Å². The van der Waals surface area contributed by atoms with Gasteiger partial charge in [-0.25, -0.2) is 0 Å². The molecule has 0 spiro atoms. The van der Waals surface area contributed by atoms with Crippen LogP contribution in [-0.2, 0) is 0 Å². The highest BCUT2D eigenvalue weighted by Gasteiger charge is 2.52. The summed E-state index contributed by atoms with van der Waals surface area (Å²) in [7, 11) is 0. The molecule has 13 heteroatoms. The lowest BCUT2D eigenvalue weighted by atomic mass is 9.29. The smallest absolute Gasteiger partial charge is 0.312 e. The van der Waals surface area contributed by atoms with Crippen LogP contribution in [0, 0.1) is 0 Å². The first-order chi connectivity index (χ1) is 48.0. The monoisotopic (exact) mass is 1430 g/mol. The molecule has 0 fully saturated rings. The maximum absolute atomic E-state index is 3.10. The quantitative estimate of drug-likeness (QED) is 0.147. The van der Waals surface area contributed by atoms with Crippen molar-refractivity contribution in [2.24, 2.45) is 0 Å². The Bertz CT molecular complexity index is 4970. The van der Waals surface area contributed by atoms with E-state index < -0.39 is 0 Å².